The van der Waals surface area contributed by atoms with Crippen molar-refractivity contribution in [2.45, 2.75) is 0 Å². The summed E-state index contributed by atoms with van der Waals surface area (Å²) in [6, 6.07) is 1.60. The van der Waals surface area contributed by atoms with Gasteiger partial charge in [-0.2, -0.15) is 0 Å². The Labute approximate surface area is 90.3 Å². The minimum atomic E-state index is -0.346. The summed E-state index contributed by atoms with van der Waals surface area (Å²) in [4.78, 5) is 31.3. The van der Waals surface area contributed by atoms with E-state index >= 15 is 0 Å². The smallest absolute Gasteiger partial charge is 0.246 e. The second-order valence-electron chi connectivity index (χ2n) is 3.01. The molecule has 1 aliphatic rings. The quantitative estimate of drug-likeness (QED) is 0.521. The SMILES string of the molecule is O=C1CN(c2ccnc(Cl)n2)CC(=O)N1. The third-order valence-corrected chi connectivity index (χ3v) is 2.07. The summed E-state index contributed by atoms with van der Waals surface area (Å²) in [5.41, 5.74) is 0. The van der Waals surface area contributed by atoms with Crippen molar-refractivity contribution < 1.29 is 9.59 Å². The fourth-order valence-corrected chi connectivity index (χ4v) is 1.44. The van der Waals surface area contributed by atoms with Crippen LogP contribution in [-0.2, 0) is 9.59 Å². The van der Waals surface area contributed by atoms with Crippen LogP contribution in [0.4, 0.5) is 5.82 Å². The Balaban J connectivity index is 2.23. The topological polar surface area (TPSA) is 75.2 Å². The Hall–Kier alpha value is -1.69. The maximum atomic E-state index is 11.1. The van der Waals surface area contributed by atoms with E-state index in [4.69, 9.17) is 11.6 Å². The van der Waals surface area contributed by atoms with Gasteiger partial charge in [0.1, 0.15) is 5.82 Å². The van der Waals surface area contributed by atoms with Crippen LogP contribution in [0, 0.1) is 0 Å². The fourth-order valence-electron chi connectivity index (χ4n) is 1.30. The van der Waals surface area contributed by atoms with Gasteiger partial charge in [-0.1, -0.05) is 0 Å². The monoisotopic (exact) mass is 226 g/mol. The number of halogens is 1. The predicted octanol–water partition coefficient (Wildman–Crippen LogP) is -0.407. The normalized spacial score (nSPS) is 16.5. The van der Waals surface area contributed by atoms with Gasteiger partial charge in [0.2, 0.25) is 17.1 Å². The van der Waals surface area contributed by atoms with Gasteiger partial charge in [0.05, 0.1) is 13.1 Å². The minimum absolute atomic E-state index is 0.0888. The van der Waals surface area contributed by atoms with Crippen molar-refractivity contribution >= 4 is 29.2 Å². The Morgan fingerprint density at radius 1 is 1.33 bits per heavy atom. The van der Waals surface area contributed by atoms with Crippen LogP contribution in [-0.4, -0.2) is 34.9 Å². The number of piperazine rings is 1. The molecule has 78 valence electrons. The lowest BCUT2D eigenvalue weighted by Crippen LogP contribution is -2.51. The highest BCUT2D eigenvalue weighted by Crippen LogP contribution is 2.12. The molecule has 2 rings (SSSR count). The van der Waals surface area contributed by atoms with Crippen molar-refractivity contribution in [2.75, 3.05) is 18.0 Å². The molecule has 1 saturated heterocycles. The Morgan fingerprint density at radius 2 is 2.00 bits per heavy atom. The summed E-state index contributed by atoms with van der Waals surface area (Å²) in [6.45, 7) is 0.193. The number of imide groups is 1. The molecule has 1 fully saturated rings. The van der Waals surface area contributed by atoms with Gasteiger partial charge < -0.3 is 4.90 Å². The van der Waals surface area contributed by atoms with Gasteiger partial charge in [-0.15, -0.1) is 0 Å². The number of amides is 2. The zero-order valence-corrected chi connectivity index (χ0v) is 8.36. The molecule has 0 radical (unpaired) electrons. The van der Waals surface area contributed by atoms with Gasteiger partial charge >= 0.3 is 0 Å². The Morgan fingerprint density at radius 3 is 2.60 bits per heavy atom. The van der Waals surface area contributed by atoms with E-state index < -0.39 is 0 Å². The Kier molecular flexibility index (Phi) is 2.51. The minimum Gasteiger partial charge on any atom is -0.338 e. The molecule has 0 unspecified atom stereocenters. The van der Waals surface area contributed by atoms with Crippen LogP contribution >= 0.6 is 11.6 Å². The standard InChI is InChI=1S/C8H7ClN4O2/c9-8-10-2-1-5(11-8)13-3-6(14)12-7(15)4-13/h1-2H,3-4H2,(H,12,14,15). The summed E-state index contributed by atoms with van der Waals surface area (Å²) in [5, 5.41) is 2.29. The van der Waals surface area contributed by atoms with Crippen LogP contribution in [0.1, 0.15) is 0 Å². The molecule has 7 heteroatoms. The summed E-state index contributed by atoms with van der Waals surface area (Å²) in [6.07, 6.45) is 1.47. The molecular weight excluding hydrogens is 220 g/mol. The number of rotatable bonds is 1. The number of anilines is 1. The molecule has 0 aliphatic carbocycles. The number of carbonyl (C=O) groups is 2. The van der Waals surface area contributed by atoms with Crippen LogP contribution in [0.25, 0.3) is 0 Å². The van der Waals surface area contributed by atoms with Crippen LogP contribution in [0.3, 0.4) is 0 Å². The van der Waals surface area contributed by atoms with Crippen LogP contribution in [0.5, 0.6) is 0 Å². The molecule has 2 amide bonds. The van der Waals surface area contributed by atoms with E-state index in [9.17, 15) is 9.59 Å². The van der Waals surface area contributed by atoms with E-state index in [0.717, 1.165) is 0 Å². The number of hydrogen-bond donors (Lipinski definition) is 1. The molecule has 1 aromatic rings. The maximum absolute atomic E-state index is 11.1. The van der Waals surface area contributed by atoms with Crippen LogP contribution < -0.4 is 10.2 Å². The average Bonchev–Trinajstić information content (AvgIpc) is 2.16. The summed E-state index contributed by atoms with van der Waals surface area (Å²) < 4.78 is 0. The first-order chi connectivity index (χ1) is 7.15. The van der Waals surface area contributed by atoms with E-state index in [2.05, 4.69) is 15.3 Å². The Bertz CT molecular complexity index is 407. The summed E-state index contributed by atoms with van der Waals surface area (Å²) in [5.74, 6) is -0.222. The molecule has 15 heavy (non-hydrogen) atoms. The van der Waals surface area contributed by atoms with Crippen molar-refractivity contribution in [1.82, 2.24) is 15.3 Å². The van der Waals surface area contributed by atoms with Crippen molar-refractivity contribution in [3.05, 3.63) is 17.5 Å². The number of aromatic nitrogens is 2. The maximum Gasteiger partial charge on any atom is 0.246 e. The molecule has 0 aromatic carbocycles. The third-order valence-electron chi connectivity index (χ3n) is 1.88. The molecule has 0 bridgehead atoms. The molecule has 0 saturated carbocycles. The third kappa shape index (κ3) is 2.21. The number of hydrogen-bond acceptors (Lipinski definition) is 5. The van der Waals surface area contributed by atoms with Gasteiger partial charge in [0.25, 0.3) is 0 Å². The highest BCUT2D eigenvalue weighted by molar-refractivity contribution is 6.28. The van der Waals surface area contributed by atoms with E-state index in [0.29, 0.717) is 5.82 Å². The predicted molar refractivity (Wildman–Crippen MR) is 52.4 cm³/mol. The molecule has 1 aliphatic heterocycles. The summed E-state index contributed by atoms with van der Waals surface area (Å²) in [7, 11) is 0. The van der Waals surface area contributed by atoms with Crippen molar-refractivity contribution in [1.29, 1.82) is 0 Å². The average molecular weight is 227 g/mol. The van der Waals surface area contributed by atoms with E-state index in [1.807, 2.05) is 0 Å². The fraction of sp³-hybridized carbons (Fsp3) is 0.250. The van der Waals surface area contributed by atoms with Gasteiger partial charge in [-0.05, 0) is 17.7 Å². The van der Waals surface area contributed by atoms with E-state index in [1.165, 1.54) is 11.1 Å². The molecule has 6 nitrogen and oxygen atoms in total. The second kappa shape index (κ2) is 3.82. The molecule has 1 N–H and O–H groups in total. The van der Waals surface area contributed by atoms with Crippen molar-refractivity contribution in [2.24, 2.45) is 0 Å². The van der Waals surface area contributed by atoms with Crippen molar-refractivity contribution in [3.63, 3.8) is 0 Å². The lowest BCUT2D eigenvalue weighted by molar-refractivity contribution is -0.130. The van der Waals surface area contributed by atoms with Crippen LogP contribution in [0.15, 0.2) is 12.3 Å². The molecule has 0 spiro atoms. The first-order valence-corrected chi connectivity index (χ1v) is 4.59. The highest BCUT2D eigenvalue weighted by Gasteiger charge is 2.23. The number of carbonyl (C=O) groups excluding carboxylic acids is 2. The van der Waals surface area contributed by atoms with Gasteiger partial charge in [0.15, 0.2) is 0 Å². The highest BCUT2D eigenvalue weighted by atomic mass is 35.5. The van der Waals surface area contributed by atoms with Crippen molar-refractivity contribution in [3.8, 4) is 0 Å². The van der Waals surface area contributed by atoms with E-state index in [1.54, 1.807) is 6.07 Å². The first-order valence-electron chi connectivity index (χ1n) is 4.21. The number of nitrogens with one attached hydrogen (secondary N) is 1. The summed E-state index contributed by atoms with van der Waals surface area (Å²) >= 11 is 5.60. The molecule has 2 heterocycles. The zero-order chi connectivity index (χ0) is 10.8. The van der Waals surface area contributed by atoms with Crippen LogP contribution in [0.2, 0.25) is 5.28 Å². The number of nitrogens with zero attached hydrogens (tertiary/aromatic N) is 3. The van der Waals surface area contributed by atoms with Gasteiger partial charge in [-0.25, -0.2) is 9.97 Å². The second-order valence-corrected chi connectivity index (χ2v) is 3.35. The lowest BCUT2D eigenvalue weighted by atomic mass is 10.3. The largest absolute Gasteiger partial charge is 0.338 e. The molecule has 0 atom stereocenters. The zero-order valence-electron chi connectivity index (χ0n) is 7.61. The first kappa shape index (κ1) is 9.85. The van der Waals surface area contributed by atoms with E-state index in [-0.39, 0.29) is 30.2 Å². The lowest BCUT2D eigenvalue weighted by Gasteiger charge is -2.25. The van der Waals surface area contributed by atoms with Gasteiger partial charge in [-0.3, -0.25) is 14.9 Å². The molecule has 1 aromatic heterocycles. The molecular formula is C8H7ClN4O2. The van der Waals surface area contributed by atoms with Gasteiger partial charge in [0, 0.05) is 6.20 Å².